The number of benzene rings is 1. The van der Waals surface area contributed by atoms with E-state index in [1.807, 2.05) is 12.1 Å². The smallest absolute Gasteiger partial charge is 0.296 e. The SMILES string of the molecule is O=C1Nc2cc(N3CCCCCC3CO)ccc2C1=O. The van der Waals surface area contributed by atoms with Crippen molar-refractivity contribution in [3.05, 3.63) is 23.8 Å². The fourth-order valence-electron chi connectivity index (χ4n) is 3.02. The molecule has 106 valence electrons. The minimum atomic E-state index is -0.563. The lowest BCUT2D eigenvalue weighted by Crippen LogP contribution is -2.37. The van der Waals surface area contributed by atoms with Gasteiger partial charge in [0.15, 0.2) is 0 Å². The number of hydrogen-bond acceptors (Lipinski definition) is 4. The van der Waals surface area contributed by atoms with Crippen molar-refractivity contribution in [3.63, 3.8) is 0 Å². The Morgan fingerprint density at radius 2 is 2.10 bits per heavy atom. The van der Waals surface area contributed by atoms with Crippen molar-refractivity contribution >= 4 is 23.1 Å². The van der Waals surface area contributed by atoms with Gasteiger partial charge in [-0.05, 0) is 31.0 Å². The third-order valence-corrected chi connectivity index (χ3v) is 4.12. The molecule has 1 aromatic carbocycles. The maximum Gasteiger partial charge on any atom is 0.296 e. The van der Waals surface area contributed by atoms with Gasteiger partial charge in [-0.25, -0.2) is 0 Å². The van der Waals surface area contributed by atoms with Crippen LogP contribution in [0.4, 0.5) is 11.4 Å². The van der Waals surface area contributed by atoms with E-state index in [9.17, 15) is 14.7 Å². The van der Waals surface area contributed by atoms with Crippen LogP contribution in [0.1, 0.15) is 36.0 Å². The molecule has 20 heavy (non-hydrogen) atoms. The minimum Gasteiger partial charge on any atom is -0.394 e. The molecule has 1 atom stereocenters. The Kier molecular flexibility index (Phi) is 3.44. The Balaban J connectivity index is 1.92. The number of nitrogens with one attached hydrogen (secondary N) is 1. The summed E-state index contributed by atoms with van der Waals surface area (Å²) in [7, 11) is 0. The standard InChI is InChI=1S/C15H18N2O3/c18-9-11-4-2-1-3-7-17(11)10-5-6-12-13(8-10)16-15(20)14(12)19/h5-6,8,11,18H,1-4,7,9H2,(H,16,19,20). The van der Waals surface area contributed by atoms with Crippen LogP contribution in [0.3, 0.4) is 0 Å². The molecule has 1 aromatic rings. The molecule has 0 radical (unpaired) electrons. The van der Waals surface area contributed by atoms with Crippen LogP contribution in [0, 0.1) is 0 Å². The van der Waals surface area contributed by atoms with Crippen LogP contribution in [-0.4, -0.2) is 36.0 Å². The van der Waals surface area contributed by atoms with Gasteiger partial charge >= 0.3 is 0 Å². The first-order valence-corrected chi connectivity index (χ1v) is 7.08. The second-order valence-electron chi connectivity index (χ2n) is 5.39. The molecule has 1 amide bonds. The lowest BCUT2D eigenvalue weighted by atomic mass is 10.1. The van der Waals surface area contributed by atoms with E-state index in [0.717, 1.165) is 31.5 Å². The van der Waals surface area contributed by atoms with Crippen molar-refractivity contribution < 1.29 is 14.7 Å². The lowest BCUT2D eigenvalue weighted by molar-refractivity contribution is -0.112. The topological polar surface area (TPSA) is 69.6 Å². The van der Waals surface area contributed by atoms with Gasteiger partial charge in [-0.15, -0.1) is 0 Å². The molecular formula is C15H18N2O3. The maximum absolute atomic E-state index is 11.6. The molecular weight excluding hydrogens is 256 g/mol. The van der Waals surface area contributed by atoms with Gasteiger partial charge in [-0.3, -0.25) is 9.59 Å². The van der Waals surface area contributed by atoms with Gasteiger partial charge in [0.05, 0.1) is 23.9 Å². The third-order valence-electron chi connectivity index (χ3n) is 4.12. The molecule has 5 heteroatoms. The van der Waals surface area contributed by atoms with Crippen LogP contribution in [0.2, 0.25) is 0 Å². The number of fused-ring (bicyclic) bond motifs is 1. The molecule has 0 bridgehead atoms. The highest BCUT2D eigenvalue weighted by molar-refractivity contribution is 6.51. The minimum absolute atomic E-state index is 0.114. The van der Waals surface area contributed by atoms with Gasteiger partial charge in [0.1, 0.15) is 0 Å². The first-order chi connectivity index (χ1) is 9.70. The first-order valence-electron chi connectivity index (χ1n) is 7.08. The van der Waals surface area contributed by atoms with Crippen LogP contribution >= 0.6 is 0 Å². The van der Waals surface area contributed by atoms with E-state index in [4.69, 9.17) is 0 Å². The number of ketones is 1. The quantitative estimate of drug-likeness (QED) is 0.803. The Morgan fingerprint density at radius 3 is 2.90 bits per heavy atom. The predicted molar refractivity (Wildman–Crippen MR) is 76.1 cm³/mol. The summed E-state index contributed by atoms with van der Waals surface area (Å²) in [6, 6.07) is 5.52. The molecule has 0 spiro atoms. The number of aliphatic hydroxyl groups excluding tert-OH is 1. The van der Waals surface area contributed by atoms with E-state index in [-0.39, 0.29) is 12.6 Å². The monoisotopic (exact) mass is 274 g/mol. The van der Waals surface area contributed by atoms with Crippen molar-refractivity contribution in [2.75, 3.05) is 23.4 Å². The Bertz CT molecular complexity index is 556. The highest BCUT2D eigenvalue weighted by Gasteiger charge is 2.29. The van der Waals surface area contributed by atoms with Crippen LogP contribution in [-0.2, 0) is 4.79 Å². The number of amides is 1. The van der Waals surface area contributed by atoms with Gasteiger partial charge in [0, 0.05) is 12.2 Å². The van der Waals surface area contributed by atoms with Crippen LogP contribution in [0.15, 0.2) is 18.2 Å². The van der Waals surface area contributed by atoms with E-state index >= 15 is 0 Å². The van der Waals surface area contributed by atoms with E-state index in [1.54, 1.807) is 6.07 Å². The summed E-state index contributed by atoms with van der Waals surface area (Å²) in [5, 5.41) is 12.2. The molecule has 2 N–H and O–H groups in total. The summed E-state index contributed by atoms with van der Waals surface area (Å²) in [6.45, 7) is 1.02. The van der Waals surface area contributed by atoms with Crippen LogP contribution in [0.5, 0.6) is 0 Å². The molecule has 0 saturated carbocycles. The Hall–Kier alpha value is -1.88. The normalized spacial score (nSPS) is 22.4. The molecule has 5 nitrogen and oxygen atoms in total. The molecule has 2 aliphatic heterocycles. The van der Waals surface area contributed by atoms with Gasteiger partial charge in [0.2, 0.25) is 0 Å². The van der Waals surface area contributed by atoms with Crippen molar-refractivity contribution in [2.45, 2.75) is 31.7 Å². The van der Waals surface area contributed by atoms with Crippen molar-refractivity contribution in [2.24, 2.45) is 0 Å². The summed E-state index contributed by atoms with van der Waals surface area (Å²) in [6.07, 6.45) is 4.37. The average molecular weight is 274 g/mol. The molecule has 0 aromatic heterocycles. The Labute approximate surface area is 117 Å². The van der Waals surface area contributed by atoms with Crippen molar-refractivity contribution in [3.8, 4) is 0 Å². The van der Waals surface area contributed by atoms with Gasteiger partial charge in [0.25, 0.3) is 11.7 Å². The van der Waals surface area contributed by atoms with Gasteiger partial charge in [-0.2, -0.15) is 0 Å². The molecule has 1 fully saturated rings. The number of carbonyl (C=O) groups excluding carboxylic acids is 2. The zero-order chi connectivity index (χ0) is 14.1. The average Bonchev–Trinajstić information content (AvgIpc) is 2.66. The molecule has 3 rings (SSSR count). The number of nitrogens with zero attached hydrogens (tertiary/aromatic N) is 1. The maximum atomic E-state index is 11.6. The third kappa shape index (κ3) is 2.18. The highest BCUT2D eigenvalue weighted by Crippen LogP contribution is 2.31. The van der Waals surface area contributed by atoms with Crippen LogP contribution in [0.25, 0.3) is 0 Å². The molecule has 2 heterocycles. The lowest BCUT2D eigenvalue weighted by Gasteiger charge is -2.31. The summed E-state index contributed by atoms with van der Waals surface area (Å²) in [4.78, 5) is 25.2. The predicted octanol–water partition coefficient (Wildman–Crippen LogP) is 1.56. The second-order valence-corrected chi connectivity index (χ2v) is 5.39. The zero-order valence-electron chi connectivity index (χ0n) is 11.3. The van der Waals surface area contributed by atoms with E-state index < -0.39 is 11.7 Å². The fraction of sp³-hybridized carbons (Fsp3) is 0.467. The molecule has 2 aliphatic rings. The van der Waals surface area contributed by atoms with Gasteiger partial charge in [-0.1, -0.05) is 12.8 Å². The molecule has 1 unspecified atom stereocenters. The number of aliphatic hydroxyl groups is 1. The second kappa shape index (κ2) is 5.25. The zero-order valence-corrected chi connectivity index (χ0v) is 11.3. The fourth-order valence-corrected chi connectivity index (χ4v) is 3.02. The number of Topliss-reactive ketones (excluding diaryl/α,β-unsaturated/α-hetero) is 1. The van der Waals surface area contributed by atoms with E-state index in [2.05, 4.69) is 10.2 Å². The number of hydrogen-bond donors (Lipinski definition) is 2. The summed E-state index contributed by atoms with van der Waals surface area (Å²) >= 11 is 0. The van der Waals surface area contributed by atoms with E-state index in [1.165, 1.54) is 6.42 Å². The largest absolute Gasteiger partial charge is 0.394 e. The van der Waals surface area contributed by atoms with Gasteiger partial charge < -0.3 is 15.3 Å². The molecule has 0 aliphatic carbocycles. The van der Waals surface area contributed by atoms with Crippen molar-refractivity contribution in [1.29, 1.82) is 0 Å². The molecule has 1 saturated heterocycles. The summed E-state index contributed by atoms with van der Waals surface area (Å²) < 4.78 is 0. The van der Waals surface area contributed by atoms with Crippen LogP contribution < -0.4 is 10.2 Å². The number of carbonyl (C=O) groups is 2. The van der Waals surface area contributed by atoms with E-state index in [0.29, 0.717) is 11.3 Å². The number of anilines is 2. The summed E-state index contributed by atoms with van der Waals surface area (Å²) in [5.74, 6) is -1.03. The highest BCUT2D eigenvalue weighted by atomic mass is 16.3. The first kappa shape index (κ1) is 13.1. The Morgan fingerprint density at radius 1 is 1.25 bits per heavy atom. The van der Waals surface area contributed by atoms with Crippen molar-refractivity contribution in [1.82, 2.24) is 0 Å². The summed E-state index contributed by atoms with van der Waals surface area (Å²) in [5.41, 5.74) is 1.98. The number of rotatable bonds is 2.